The molecule has 2 heterocycles. The molecule has 0 radical (unpaired) electrons. The van der Waals surface area contributed by atoms with Crippen molar-refractivity contribution in [3.05, 3.63) is 101 Å². The predicted molar refractivity (Wildman–Crippen MR) is 149 cm³/mol. The number of carbonyl (C=O) groups excluding carboxylic acids is 1. The van der Waals surface area contributed by atoms with Gasteiger partial charge in [-0.15, -0.1) is 0 Å². The first-order valence-corrected chi connectivity index (χ1v) is 13.1. The third kappa shape index (κ3) is 4.64. The standard InChI is InChI=1S/C31H30N4O5/c1-37-25-11-9-20(15-27(25)38-2)22-13-23-29(24(36)14-22)30(35-31(34-23)32-18-33-35)21-10-12-26(28(16-21)39-3)40-17-19-7-5-4-6-8-19/h4-12,15-16,18,22,30H,13-14,17H2,1-3H3,(H,32,33,34)/t22-,30-/m0/s1. The topological polar surface area (TPSA) is 96.7 Å². The predicted octanol–water partition coefficient (Wildman–Crippen LogP) is 5.30. The Hall–Kier alpha value is -4.79. The van der Waals surface area contributed by atoms with E-state index >= 15 is 0 Å². The number of Topliss-reactive ketones (excluding diaryl/α,β-unsaturated/α-hetero) is 1. The molecule has 9 nitrogen and oxygen atoms in total. The van der Waals surface area contributed by atoms with Crippen molar-refractivity contribution in [2.24, 2.45) is 0 Å². The second kappa shape index (κ2) is 10.8. The van der Waals surface area contributed by atoms with Gasteiger partial charge in [0.25, 0.3) is 0 Å². The second-order valence-electron chi connectivity index (χ2n) is 9.78. The largest absolute Gasteiger partial charge is 0.493 e. The van der Waals surface area contributed by atoms with Crippen LogP contribution in [0.2, 0.25) is 0 Å². The van der Waals surface area contributed by atoms with Crippen molar-refractivity contribution in [3.63, 3.8) is 0 Å². The molecule has 0 spiro atoms. The average Bonchev–Trinajstić information content (AvgIpc) is 3.47. The summed E-state index contributed by atoms with van der Waals surface area (Å²) < 4.78 is 24.4. The van der Waals surface area contributed by atoms with Crippen LogP contribution in [-0.2, 0) is 11.4 Å². The smallest absolute Gasteiger partial charge is 0.226 e. The highest BCUT2D eigenvalue weighted by Crippen LogP contribution is 2.46. The van der Waals surface area contributed by atoms with E-state index in [-0.39, 0.29) is 11.7 Å². The van der Waals surface area contributed by atoms with Crippen molar-refractivity contribution >= 4 is 11.7 Å². The van der Waals surface area contributed by atoms with Crippen molar-refractivity contribution in [3.8, 4) is 23.0 Å². The number of hydrogen-bond acceptors (Lipinski definition) is 8. The van der Waals surface area contributed by atoms with Crippen molar-refractivity contribution in [1.29, 1.82) is 0 Å². The minimum atomic E-state index is -0.440. The number of nitrogens with zero attached hydrogens (tertiary/aromatic N) is 3. The first kappa shape index (κ1) is 25.5. The van der Waals surface area contributed by atoms with E-state index in [0.29, 0.717) is 54.0 Å². The summed E-state index contributed by atoms with van der Waals surface area (Å²) in [5.41, 5.74) is 4.48. The van der Waals surface area contributed by atoms with Crippen molar-refractivity contribution in [2.45, 2.75) is 31.4 Å². The Balaban J connectivity index is 1.33. The number of nitrogens with one attached hydrogen (secondary N) is 1. The maximum absolute atomic E-state index is 13.8. The summed E-state index contributed by atoms with van der Waals surface area (Å²) in [6, 6.07) is 21.1. The lowest BCUT2D eigenvalue weighted by atomic mass is 9.78. The minimum absolute atomic E-state index is 0.0167. The molecule has 204 valence electrons. The van der Waals surface area contributed by atoms with Gasteiger partial charge >= 0.3 is 0 Å². The summed E-state index contributed by atoms with van der Waals surface area (Å²) in [6.45, 7) is 0.419. The summed E-state index contributed by atoms with van der Waals surface area (Å²) in [5.74, 6) is 3.14. The van der Waals surface area contributed by atoms with Crippen LogP contribution in [0.25, 0.3) is 0 Å². The number of ether oxygens (including phenoxy) is 4. The van der Waals surface area contributed by atoms with Gasteiger partial charge in [-0.1, -0.05) is 42.5 Å². The SMILES string of the molecule is COc1ccc([C@@H]2CC(=O)C3=C(C2)Nc2ncnn2[C@H]3c2ccc(OCc3ccccc3)c(OC)c2)cc1OC. The molecule has 1 N–H and O–H groups in total. The highest BCUT2D eigenvalue weighted by Gasteiger charge is 2.39. The number of carbonyl (C=O) groups is 1. The van der Waals surface area contributed by atoms with Crippen molar-refractivity contribution in [2.75, 3.05) is 26.6 Å². The lowest BCUT2D eigenvalue weighted by Gasteiger charge is -2.35. The number of benzene rings is 3. The van der Waals surface area contributed by atoms with Gasteiger partial charge in [-0.25, -0.2) is 4.68 Å². The van der Waals surface area contributed by atoms with Gasteiger partial charge in [-0.3, -0.25) is 4.79 Å². The van der Waals surface area contributed by atoms with Gasteiger partial charge in [0.05, 0.1) is 21.3 Å². The summed E-state index contributed by atoms with van der Waals surface area (Å²) in [5, 5.41) is 7.84. The number of fused-ring (bicyclic) bond motifs is 1. The fourth-order valence-electron chi connectivity index (χ4n) is 5.51. The summed E-state index contributed by atoms with van der Waals surface area (Å²) >= 11 is 0. The minimum Gasteiger partial charge on any atom is -0.493 e. The van der Waals surface area contributed by atoms with Gasteiger partial charge in [-0.2, -0.15) is 10.1 Å². The van der Waals surface area contributed by atoms with Crippen LogP contribution in [0.4, 0.5) is 5.95 Å². The zero-order valence-corrected chi connectivity index (χ0v) is 22.6. The van der Waals surface area contributed by atoms with Crippen LogP contribution in [0.15, 0.2) is 84.3 Å². The molecule has 0 saturated carbocycles. The fraction of sp³-hybridized carbons (Fsp3) is 0.258. The number of methoxy groups -OCH3 is 3. The van der Waals surface area contributed by atoms with E-state index in [1.54, 1.807) is 26.0 Å². The molecule has 9 heteroatoms. The molecule has 0 fully saturated rings. The van der Waals surface area contributed by atoms with Gasteiger partial charge in [0.1, 0.15) is 19.0 Å². The Labute approximate surface area is 232 Å². The summed E-state index contributed by atoms with van der Waals surface area (Å²) in [7, 11) is 4.83. The number of ketones is 1. The molecule has 0 bridgehead atoms. The molecular weight excluding hydrogens is 508 g/mol. The van der Waals surface area contributed by atoms with Crippen LogP contribution >= 0.6 is 0 Å². The molecule has 0 saturated heterocycles. The highest BCUT2D eigenvalue weighted by atomic mass is 16.5. The van der Waals surface area contributed by atoms with Crippen LogP contribution in [0.1, 0.15) is 41.5 Å². The molecule has 6 rings (SSSR count). The quantitative estimate of drug-likeness (QED) is 0.323. The van der Waals surface area contributed by atoms with Crippen molar-refractivity contribution in [1.82, 2.24) is 14.8 Å². The first-order valence-electron chi connectivity index (χ1n) is 13.1. The van der Waals surface area contributed by atoms with Gasteiger partial charge in [0.2, 0.25) is 5.95 Å². The lowest BCUT2D eigenvalue weighted by Crippen LogP contribution is -2.33. The molecule has 2 aliphatic rings. The molecule has 0 unspecified atom stereocenters. The molecule has 4 aromatic rings. The monoisotopic (exact) mass is 538 g/mol. The molecule has 1 aliphatic carbocycles. The van der Waals surface area contributed by atoms with E-state index in [9.17, 15) is 4.79 Å². The number of aromatic nitrogens is 3. The first-order chi connectivity index (χ1) is 19.6. The van der Waals surface area contributed by atoms with Gasteiger partial charge in [0.15, 0.2) is 28.8 Å². The number of allylic oxidation sites excluding steroid dienone is 2. The summed E-state index contributed by atoms with van der Waals surface area (Å²) in [6.07, 6.45) is 2.51. The fourth-order valence-corrected chi connectivity index (χ4v) is 5.51. The van der Waals surface area contributed by atoms with E-state index < -0.39 is 6.04 Å². The maximum atomic E-state index is 13.8. The molecule has 3 aromatic carbocycles. The highest BCUT2D eigenvalue weighted by molar-refractivity contribution is 6.00. The van der Waals surface area contributed by atoms with Gasteiger partial charge in [0, 0.05) is 17.7 Å². The van der Waals surface area contributed by atoms with Gasteiger partial charge < -0.3 is 24.3 Å². The Bertz CT molecular complexity index is 1580. The van der Waals surface area contributed by atoms with Crippen LogP contribution in [-0.4, -0.2) is 41.9 Å². The van der Waals surface area contributed by atoms with E-state index in [2.05, 4.69) is 15.4 Å². The third-order valence-electron chi connectivity index (χ3n) is 7.48. The molecule has 1 aromatic heterocycles. The Morgan fingerprint density at radius 1 is 0.850 bits per heavy atom. The van der Waals surface area contributed by atoms with E-state index in [1.807, 2.05) is 66.7 Å². The van der Waals surface area contributed by atoms with E-state index in [0.717, 1.165) is 22.4 Å². The Morgan fingerprint density at radius 3 is 2.33 bits per heavy atom. The van der Waals surface area contributed by atoms with E-state index in [1.165, 1.54) is 6.33 Å². The number of anilines is 1. The molecule has 2 atom stereocenters. The Morgan fingerprint density at radius 2 is 1.55 bits per heavy atom. The normalized spacial score (nSPS) is 17.9. The van der Waals surface area contributed by atoms with Gasteiger partial charge in [-0.05, 0) is 53.3 Å². The molecule has 0 amide bonds. The second-order valence-corrected chi connectivity index (χ2v) is 9.78. The van der Waals surface area contributed by atoms with E-state index in [4.69, 9.17) is 18.9 Å². The Kier molecular flexibility index (Phi) is 6.86. The molecular formula is C31H30N4O5. The average molecular weight is 539 g/mol. The zero-order chi connectivity index (χ0) is 27.6. The molecule has 1 aliphatic heterocycles. The summed E-state index contributed by atoms with van der Waals surface area (Å²) in [4.78, 5) is 18.2. The van der Waals surface area contributed by atoms with Crippen molar-refractivity contribution < 1.29 is 23.7 Å². The van der Waals surface area contributed by atoms with Crippen LogP contribution in [0.3, 0.4) is 0 Å². The van der Waals surface area contributed by atoms with Crippen LogP contribution < -0.4 is 24.3 Å². The molecule has 40 heavy (non-hydrogen) atoms. The third-order valence-corrected chi connectivity index (χ3v) is 7.48. The number of hydrogen-bond donors (Lipinski definition) is 1. The lowest BCUT2D eigenvalue weighted by molar-refractivity contribution is -0.116. The number of rotatable bonds is 8. The maximum Gasteiger partial charge on any atom is 0.226 e. The van der Waals surface area contributed by atoms with Crippen LogP contribution in [0, 0.1) is 0 Å². The zero-order valence-electron chi connectivity index (χ0n) is 22.6. The van der Waals surface area contributed by atoms with Crippen LogP contribution in [0.5, 0.6) is 23.0 Å².